The van der Waals surface area contributed by atoms with Crippen LogP contribution < -0.4 is 11.0 Å². The van der Waals surface area contributed by atoms with E-state index in [1.165, 1.54) is 6.20 Å². The highest BCUT2D eigenvalue weighted by Crippen LogP contribution is 2.09. The lowest BCUT2D eigenvalue weighted by molar-refractivity contribution is -0.0245. The molecule has 6 heteroatoms. The van der Waals surface area contributed by atoms with E-state index >= 15 is 0 Å². The SMILES string of the molecule is FC(F)N1C=C(Br)NN1. The Morgan fingerprint density at radius 3 is 2.56 bits per heavy atom. The molecule has 3 nitrogen and oxygen atoms in total. The van der Waals surface area contributed by atoms with Gasteiger partial charge in [0.2, 0.25) is 0 Å². The summed E-state index contributed by atoms with van der Waals surface area (Å²) in [7, 11) is 0. The summed E-state index contributed by atoms with van der Waals surface area (Å²) in [5, 5.41) is 0.643. The number of nitrogens with one attached hydrogen (secondary N) is 2. The molecule has 0 aromatic carbocycles. The van der Waals surface area contributed by atoms with Crippen molar-refractivity contribution in [1.29, 1.82) is 0 Å². The molecule has 0 atom stereocenters. The average molecular weight is 200 g/mol. The van der Waals surface area contributed by atoms with Crippen molar-refractivity contribution in [2.45, 2.75) is 6.55 Å². The number of rotatable bonds is 1. The van der Waals surface area contributed by atoms with Crippen molar-refractivity contribution < 1.29 is 8.78 Å². The highest BCUT2D eigenvalue weighted by Gasteiger charge is 2.16. The van der Waals surface area contributed by atoms with Gasteiger partial charge in [0.25, 0.3) is 0 Å². The standard InChI is InChI=1S/C3H4BrF2N3/c4-2-1-9(3(5)6)8-7-2/h1,3,7-8H. The maximum Gasteiger partial charge on any atom is 0.329 e. The van der Waals surface area contributed by atoms with Crippen molar-refractivity contribution in [3.63, 3.8) is 0 Å². The lowest BCUT2D eigenvalue weighted by atomic mass is 10.9. The van der Waals surface area contributed by atoms with Crippen molar-refractivity contribution in [3.05, 3.63) is 10.8 Å². The number of hydrogen-bond acceptors (Lipinski definition) is 3. The first-order chi connectivity index (χ1) is 4.20. The van der Waals surface area contributed by atoms with Gasteiger partial charge in [0.15, 0.2) is 0 Å². The fourth-order valence-electron chi connectivity index (χ4n) is 0.410. The Labute approximate surface area is 58.8 Å². The van der Waals surface area contributed by atoms with Crippen molar-refractivity contribution in [3.8, 4) is 0 Å². The van der Waals surface area contributed by atoms with E-state index in [0.29, 0.717) is 9.62 Å². The average Bonchev–Trinajstić information content (AvgIpc) is 2.14. The summed E-state index contributed by atoms with van der Waals surface area (Å²) in [5.74, 6) is 0. The molecule has 0 amide bonds. The summed E-state index contributed by atoms with van der Waals surface area (Å²) < 4.78 is 23.8. The molecule has 1 heterocycles. The molecular weight excluding hydrogens is 196 g/mol. The molecule has 0 spiro atoms. The Balaban J connectivity index is 2.47. The molecular formula is C3H4BrF2N3. The molecule has 0 aromatic heterocycles. The molecule has 1 aliphatic rings. The zero-order valence-corrected chi connectivity index (χ0v) is 5.82. The Morgan fingerprint density at radius 2 is 2.33 bits per heavy atom. The van der Waals surface area contributed by atoms with Gasteiger partial charge >= 0.3 is 6.55 Å². The minimum Gasteiger partial charge on any atom is -0.296 e. The first-order valence-corrected chi connectivity index (χ1v) is 2.95. The van der Waals surface area contributed by atoms with Crippen molar-refractivity contribution >= 4 is 15.9 Å². The van der Waals surface area contributed by atoms with E-state index < -0.39 is 6.55 Å². The van der Waals surface area contributed by atoms with Gasteiger partial charge in [0.05, 0.1) is 6.20 Å². The highest BCUT2D eigenvalue weighted by molar-refractivity contribution is 9.11. The van der Waals surface area contributed by atoms with Gasteiger partial charge in [-0.3, -0.25) is 5.43 Å². The second-order valence-corrected chi connectivity index (χ2v) is 2.25. The lowest BCUT2D eigenvalue weighted by Gasteiger charge is -2.11. The second kappa shape index (κ2) is 2.49. The predicted octanol–water partition coefficient (Wildman–Crippen LogP) is 0.728. The maximum absolute atomic E-state index is 11.7. The van der Waals surface area contributed by atoms with Crippen LogP contribution in [0.25, 0.3) is 0 Å². The summed E-state index contributed by atoms with van der Waals surface area (Å²) in [6.07, 6.45) is 1.21. The van der Waals surface area contributed by atoms with Crippen LogP contribution in [0.1, 0.15) is 0 Å². The quantitative estimate of drug-likeness (QED) is 0.611. The molecule has 0 bridgehead atoms. The number of nitrogens with zero attached hydrogens (tertiary/aromatic N) is 1. The van der Waals surface area contributed by atoms with Crippen LogP contribution in [-0.2, 0) is 0 Å². The van der Waals surface area contributed by atoms with Gasteiger partial charge in [-0.05, 0) is 15.9 Å². The molecule has 1 aliphatic heterocycles. The first-order valence-electron chi connectivity index (χ1n) is 2.15. The predicted molar refractivity (Wildman–Crippen MR) is 31.1 cm³/mol. The molecule has 0 radical (unpaired) electrons. The molecule has 0 aliphatic carbocycles. The summed E-state index contributed by atoms with van der Waals surface area (Å²) in [4.78, 5) is 0. The minimum atomic E-state index is -2.52. The Morgan fingerprint density at radius 1 is 1.67 bits per heavy atom. The van der Waals surface area contributed by atoms with Crippen LogP contribution in [0.5, 0.6) is 0 Å². The number of halogens is 3. The normalized spacial score (nSPS) is 18.2. The van der Waals surface area contributed by atoms with E-state index in [1.54, 1.807) is 0 Å². The van der Waals surface area contributed by atoms with Gasteiger partial charge in [-0.25, -0.2) is 5.01 Å². The van der Waals surface area contributed by atoms with Crippen LogP contribution >= 0.6 is 15.9 Å². The molecule has 0 fully saturated rings. The number of hydrogen-bond donors (Lipinski definition) is 2. The topological polar surface area (TPSA) is 27.3 Å². The van der Waals surface area contributed by atoms with Crippen LogP contribution in [0.15, 0.2) is 10.8 Å². The van der Waals surface area contributed by atoms with E-state index in [4.69, 9.17) is 0 Å². The Kier molecular flexibility index (Phi) is 1.87. The van der Waals surface area contributed by atoms with Crippen LogP contribution in [-0.4, -0.2) is 11.6 Å². The summed E-state index contributed by atoms with van der Waals surface area (Å²) in [5.41, 5.74) is 4.62. The molecule has 9 heavy (non-hydrogen) atoms. The largest absolute Gasteiger partial charge is 0.329 e. The first kappa shape index (κ1) is 6.76. The molecule has 2 N–H and O–H groups in total. The fraction of sp³-hybridized carbons (Fsp3) is 0.333. The summed E-state index contributed by atoms with van der Waals surface area (Å²) >= 11 is 2.96. The van der Waals surface area contributed by atoms with Crippen molar-refractivity contribution in [1.82, 2.24) is 16.0 Å². The lowest BCUT2D eigenvalue weighted by Crippen LogP contribution is -2.39. The monoisotopic (exact) mass is 199 g/mol. The molecule has 1 rings (SSSR count). The van der Waals surface area contributed by atoms with Crippen LogP contribution in [0.3, 0.4) is 0 Å². The second-order valence-electron chi connectivity index (χ2n) is 1.40. The minimum absolute atomic E-state index is 0.489. The van der Waals surface area contributed by atoms with Crippen molar-refractivity contribution in [2.75, 3.05) is 0 Å². The molecule has 0 unspecified atom stereocenters. The third-order valence-electron chi connectivity index (χ3n) is 0.767. The molecule has 0 saturated heterocycles. The van der Waals surface area contributed by atoms with E-state index in [-0.39, 0.29) is 0 Å². The zero-order valence-electron chi connectivity index (χ0n) is 4.24. The highest BCUT2D eigenvalue weighted by atomic mass is 79.9. The van der Waals surface area contributed by atoms with Crippen LogP contribution in [0.2, 0.25) is 0 Å². The van der Waals surface area contributed by atoms with Gasteiger partial charge in [0, 0.05) is 0 Å². The molecule has 0 aromatic rings. The summed E-state index contributed by atoms with van der Waals surface area (Å²) in [6.45, 7) is -2.52. The van der Waals surface area contributed by atoms with Gasteiger partial charge in [-0.1, -0.05) is 0 Å². The summed E-state index contributed by atoms with van der Waals surface area (Å²) in [6, 6.07) is 0. The smallest absolute Gasteiger partial charge is 0.296 e. The third kappa shape index (κ3) is 1.52. The van der Waals surface area contributed by atoms with Crippen LogP contribution in [0, 0.1) is 0 Å². The fourth-order valence-corrected chi connectivity index (χ4v) is 0.719. The molecule has 52 valence electrons. The van der Waals surface area contributed by atoms with E-state index in [0.717, 1.165) is 0 Å². The van der Waals surface area contributed by atoms with E-state index in [9.17, 15) is 8.78 Å². The maximum atomic E-state index is 11.7. The van der Waals surface area contributed by atoms with Gasteiger partial charge in [0.1, 0.15) is 4.61 Å². The number of alkyl halides is 2. The van der Waals surface area contributed by atoms with E-state index in [1.807, 2.05) is 0 Å². The van der Waals surface area contributed by atoms with Gasteiger partial charge in [-0.2, -0.15) is 8.78 Å². The third-order valence-corrected chi connectivity index (χ3v) is 1.17. The number of hydrazine groups is 2. The van der Waals surface area contributed by atoms with Gasteiger partial charge in [-0.15, -0.1) is 5.53 Å². The van der Waals surface area contributed by atoms with Crippen LogP contribution in [0.4, 0.5) is 8.78 Å². The van der Waals surface area contributed by atoms with Gasteiger partial charge < -0.3 is 0 Å². The van der Waals surface area contributed by atoms with Crippen molar-refractivity contribution in [2.24, 2.45) is 0 Å². The Hall–Kier alpha value is -0.360. The molecule has 0 saturated carbocycles. The van der Waals surface area contributed by atoms with E-state index in [2.05, 4.69) is 26.9 Å². The zero-order chi connectivity index (χ0) is 6.85. The Bertz CT molecular complexity index is 137.